The van der Waals surface area contributed by atoms with Gasteiger partial charge < -0.3 is 9.64 Å². The fourth-order valence-corrected chi connectivity index (χ4v) is 3.47. The number of ether oxygens (including phenoxy) is 1. The summed E-state index contributed by atoms with van der Waals surface area (Å²) in [6, 6.07) is 5.22. The van der Waals surface area contributed by atoms with Gasteiger partial charge in [-0.15, -0.1) is 0 Å². The molecule has 5 heteroatoms. The van der Waals surface area contributed by atoms with Gasteiger partial charge in [0.05, 0.1) is 0 Å². The highest BCUT2D eigenvalue weighted by molar-refractivity contribution is 14.1. The topological polar surface area (TPSA) is 29.5 Å². The molecular weight excluding hydrogens is 408 g/mol. The highest BCUT2D eigenvalue weighted by Gasteiger charge is 2.29. The molecule has 0 bridgehead atoms. The Morgan fingerprint density at radius 3 is 2.52 bits per heavy atom. The van der Waals surface area contributed by atoms with Crippen LogP contribution in [0.4, 0.5) is 9.18 Å². The highest BCUT2D eigenvalue weighted by Crippen LogP contribution is 2.26. The summed E-state index contributed by atoms with van der Waals surface area (Å²) in [4.78, 5) is 14.5. The number of halogens is 2. The first-order chi connectivity index (χ1) is 10.8. The van der Waals surface area contributed by atoms with Gasteiger partial charge in [-0.3, -0.25) is 0 Å². The number of carbonyl (C=O) groups excluding carboxylic acids is 1. The Balaban J connectivity index is 2.17. The Labute approximate surface area is 151 Å². The van der Waals surface area contributed by atoms with Crippen LogP contribution in [0.5, 0.6) is 0 Å². The van der Waals surface area contributed by atoms with Gasteiger partial charge >= 0.3 is 6.09 Å². The van der Waals surface area contributed by atoms with E-state index in [1.54, 1.807) is 12.1 Å². The third-order valence-electron chi connectivity index (χ3n) is 3.98. The van der Waals surface area contributed by atoms with Crippen molar-refractivity contribution in [3.05, 3.63) is 33.1 Å². The molecular formula is C18H25FINO2. The van der Waals surface area contributed by atoms with E-state index < -0.39 is 5.60 Å². The van der Waals surface area contributed by atoms with Crippen LogP contribution < -0.4 is 0 Å². The maximum atomic E-state index is 13.5. The monoisotopic (exact) mass is 433 g/mol. The molecule has 1 aromatic carbocycles. The molecule has 0 N–H and O–H groups in total. The lowest BCUT2D eigenvalue weighted by Gasteiger charge is -2.35. The van der Waals surface area contributed by atoms with E-state index in [0.29, 0.717) is 10.1 Å². The largest absolute Gasteiger partial charge is 0.444 e. The standard InChI is InChI=1S/C18H25FINO2/c1-18(2,3)23-17(22)21(14-7-5-4-6-8-14)12-13-9-10-15(19)16(20)11-13/h9-11,14H,4-8,12H2,1-3H3. The maximum Gasteiger partial charge on any atom is 0.410 e. The van der Waals surface area contributed by atoms with Gasteiger partial charge in [0.2, 0.25) is 0 Å². The summed E-state index contributed by atoms with van der Waals surface area (Å²) >= 11 is 1.98. The molecule has 0 spiro atoms. The van der Waals surface area contributed by atoms with E-state index in [1.807, 2.05) is 48.3 Å². The summed E-state index contributed by atoms with van der Waals surface area (Å²) < 4.78 is 19.6. The first-order valence-electron chi connectivity index (χ1n) is 8.20. The molecule has 0 radical (unpaired) electrons. The van der Waals surface area contributed by atoms with Crippen LogP contribution in [-0.4, -0.2) is 22.6 Å². The molecule has 2 rings (SSSR count). The average Bonchev–Trinajstić information content (AvgIpc) is 2.47. The van der Waals surface area contributed by atoms with Gasteiger partial charge in [-0.05, 0) is 73.9 Å². The van der Waals surface area contributed by atoms with Gasteiger partial charge in [-0.2, -0.15) is 0 Å². The number of hydrogen-bond donors (Lipinski definition) is 0. The van der Waals surface area contributed by atoms with Crippen molar-refractivity contribution >= 4 is 28.7 Å². The first-order valence-corrected chi connectivity index (χ1v) is 9.28. The van der Waals surface area contributed by atoms with E-state index in [2.05, 4.69) is 0 Å². The van der Waals surface area contributed by atoms with Gasteiger partial charge in [-0.1, -0.05) is 25.3 Å². The smallest absolute Gasteiger partial charge is 0.410 e. The Morgan fingerprint density at radius 2 is 1.96 bits per heavy atom. The van der Waals surface area contributed by atoms with Gasteiger partial charge in [0.25, 0.3) is 0 Å². The van der Waals surface area contributed by atoms with Gasteiger partial charge in [-0.25, -0.2) is 9.18 Å². The molecule has 0 atom stereocenters. The van der Waals surface area contributed by atoms with Gasteiger partial charge in [0.1, 0.15) is 11.4 Å². The van der Waals surface area contributed by atoms with Crippen LogP contribution in [0, 0.1) is 9.39 Å². The molecule has 3 nitrogen and oxygen atoms in total. The van der Waals surface area contributed by atoms with E-state index in [4.69, 9.17) is 4.74 Å². The van der Waals surface area contributed by atoms with E-state index >= 15 is 0 Å². The molecule has 1 fully saturated rings. The third-order valence-corrected chi connectivity index (χ3v) is 4.81. The highest BCUT2D eigenvalue weighted by atomic mass is 127. The zero-order valence-corrected chi connectivity index (χ0v) is 16.2. The maximum absolute atomic E-state index is 13.5. The Morgan fingerprint density at radius 1 is 1.30 bits per heavy atom. The van der Waals surface area contributed by atoms with E-state index in [0.717, 1.165) is 31.2 Å². The van der Waals surface area contributed by atoms with E-state index in [-0.39, 0.29) is 18.0 Å². The summed E-state index contributed by atoms with van der Waals surface area (Å²) in [5.41, 5.74) is 0.425. The molecule has 1 aliphatic carbocycles. The van der Waals surface area contributed by atoms with Crippen LogP contribution in [0.3, 0.4) is 0 Å². The van der Waals surface area contributed by atoms with Crippen molar-refractivity contribution in [3.63, 3.8) is 0 Å². The number of carbonyl (C=O) groups is 1. The third kappa shape index (κ3) is 5.62. The lowest BCUT2D eigenvalue weighted by molar-refractivity contribution is 0.00988. The molecule has 128 valence electrons. The lowest BCUT2D eigenvalue weighted by Crippen LogP contribution is -2.43. The van der Waals surface area contributed by atoms with Crippen molar-refractivity contribution < 1.29 is 13.9 Å². The molecule has 0 heterocycles. The average molecular weight is 433 g/mol. The summed E-state index contributed by atoms with van der Waals surface area (Å²) in [5, 5.41) is 0. The molecule has 0 unspecified atom stereocenters. The Bertz CT molecular complexity index is 550. The van der Waals surface area contributed by atoms with Crippen molar-refractivity contribution in [3.8, 4) is 0 Å². The second kappa shape index (κ2) is 7.81. The second-order valence-electron chi connectivity index (χ2n) is 7.15. The predicted octanol–water partition coefficient (Wildman–Crippen LogP) is 5.50. The molecule has 1 saturated carbocycles. The van der Waals surface area contributed by atoms with E-state index in [1.165, 1.54) is 12.5 Å². The minimum atomic E-state index is -0.513. The minimum Gasteiger partial charge on any atom is -0.444 e. The Hall–Kier alpha value is -0.850. The minimum absolute atomic E-state index is 0.210. The fraction of sp³-hybridized carbons (Fsp3) is 0.611. The molecule has 23 heavy (non-hydrogen) atoms. The number of rotatable bonds is 3. The van der Waals surface area contributed by atoms with Crippen LogP contribution in [0.15, 0.2) is 18.2 Å². The van der Waals surface area contributed by atoms with Gasteiger partial charge in [0, 0.05) is 16.2 Å². The SMILES string of the molecule is CC(C)(C)OC(=O)N(Cc1ccc(F)c(I)c1)C1CCCCC1. The van der Waals surface area contributed by atoms with Crippen LogP contribution in [0.2, 0.25) is 0 Å². The van der Waals surface area contributed by atoms with Crippen molar-refractivity contribution in [1.29, 1.82) is 0 Å². The summed E-state index contributed by atoms with van der Waals surface area (Å²) in [6.45, 7) is 6.11. The summed E-state index contributed by atoms with van der Waals surface area (Å²) in [6.07, 6.45) is 5.27. The van der Waals surface area contributed by atoms with Crippen molar-refractivity contribution in [2.45, 2.75) is 71.1 Å². The van der Waals surface area contributed by atoms with E-state index in [9.17, 15) is 9.18 Å². The first kappa shape index (κ1) is 18.5. The zero-order chi connectivity index (χ0) is 17.0. The molecule has 0 aliphatic heterocycles. The van der Waals surface area contributed by atoms with Crippen LogP contribution in [-0.2, 0) is 11.3 Å². The molecule has 1 aromatic rings. The number of hydrogen-bond acceptors (Lipinski definition) is 2. The number of benzene rings is 1. The lowest BCUT2D eigenvalue weighted by atomic mass is 9.94. The molecule has 1 aliphatic rings. The molecule has 0 saturated heterocycles. The van der Waals surface area contributed by atoms with Crippen LogP contribution in [0.1, 0.15) is 58.4 Å². The fourth-order valence-electron chi connectivity index (χ4n) is 2.89. The quantitative estimate of drug-likeness (QED) is 0.590. The van der Waals surface area contributed by atoms with Crippen LogP contribution in [0.25, 0.3) is 0 Å². The van der Waals surface area contributed by atoms with Crippen molar-refractivity contribution in [2.24, 2.45) is 0 Å². The summed E-state index contributed by atoms with van der Waals surface area (Å²) in [5.74, 6) is -0.226. The summed E-state index contributed by atoms with van der Waals surface area (Å²) in [7, 11) is 0. The zero-order valence-electron chi connectivity index (χ0n) is 14.1. The predicted molar refractivity (Wildman–Crippen MR) is 97.8 cm³/mol. The number of amides is 1. The number of nitrogens with zero attached hydrogens (tertiary/aromatic N) is 1. The van der Waals surface area contributed by atoms with Crippen LogP contribution >= 0.6 is 22.6 Å². The normalized spacial score (nSPS) is 16.2. The van der Waals surface area contributed by atoms with Crippen molar-refractivity contribution in [2.75, 3.05) is 0 Å². The second-order valence-corrected chi connectivity index (χ2v) is 8.31. The molecule has 0 aromatic heterocycles. The Kier molecular flexibility index (Phi) is 6.28. The van der Waals surface area contributed by atoms with Gasteiger partial charge in [0.15, 0.2) is 0 Å². The molecule has 1 amide bonds. The van der Waals surface area contributed by atoms with Crippen molar-refractivity contribution in [1.82, 2.24) is 4.90 Å².